The SMILES string of the molecule is N#Cc1ccc(Br)cc1-n1cncc1-c1ccnc(N)c1. The van der Waals surface area contributed by atoms with Crippen LogP contribution in [-0.2, 0) is 0 Å². The third kappa shape index (κ3) is 2.51. The quantitative estimate of drug-likeness (QED) is 0.777. The average Bonchev–Trinajstić information content (AvgIpc) is 2.96. The van der Waals surface area contributed by atoms with Gasteiger partial charge in [0.05, 0.1) is 29.5 Å². The van der Waals surface area contributed by atoms with Gasteiger partial charge < -0.3 is 5.73 Å². The summed E-state index contributed by atoms with van der Waals surface area (Å²) >= 11 is 3.43. The van der Waals surface area contributed by atoms with E-state index in [0.29, 0.717) is 11.4 Å². The molecule has 0 radical (unpaired) electrons. The van der Waals surface area contributed by atoms with Gasteiger partial charge in [0.2, 0.25) is 0 Å². The summed E-state index contributed by atoms with van der Waals surface area (Å²) in [6.07, 6.45) is 5.06. The second-order valence-corrected chi connectivity index (χ2v) is 5.31. The molecule has 2 N–H and O–H groups in total. The van der Waals surface area contributed by atoms with E-state index < -0.39 is 0 Å². The van der Waals surface area contributed by atoms with Crippen molar-refractivity contribution in [1.82, 2.24) is 14.5 Å². The van der Waals surface area contributed by atoms with E-state index in [1.165, 1.54) is 0 Å². The van der Waals surface area contributed by atoms with Crippen LogP contribution in [0.1, 0.15) is 5.56 Å². The minimum Gasteiger partial charge on any atom is -0.384 e. The number of hydrogen-bond acceptors (Lipinski definition) is 4. The molecule has 0 saturated carbocycles. The number of nitriles is 1. The highest BCUT2D eigenvalue weighted by atomic mass is 79.9. The maximum Gasteiger partial charge on any atom is 0.123 e. The van der Waals surface area contributed by atoms with Crippen LogP contribution in [-0.4, -0.2) is 14.5 Å². The molecule has 0 atom stereocenters. The first kappa shape index (κ1) is 13.3. The molecule has 3 aromatic rings. The van der Waals surface area contributed by atoms with Gasteiger partial charge in [0, 0.05) is 16.2 Å². The number of imidazole rings is 1. The zero-order valence-electron chi connectivity index (χ0n) is 10.9. The third-order valence-corrected chi connectivity index (χ3v) is 3.55. The van der Waals surface area contributed by atoms with E-state index in [1.54, 1.807) is 30.9 Å². The number of nitrogen functional groups attached to an aromatic ring is 1. The van der Waals surface area contributed by atoms with Gasteiger partial charge in [0.1, 0.15) is 11.9 Å². The molecule has 0 saturated heterocycles. The lowest BCUT2D eigenvalue weighted by Gasteiger charge is -2.10. The van der Waals surface area contributed by atoms with Crippen LogP contribution in [0.2, 0.25) is 0 Å². The molecule has 102 valence electrons. The molecular formula is C15H10BrN5. The zero-order valence-corrected chi connectivity index (χ0v) is 12.4. The summed E-state index contributed by atoms with van der Waals surface area (Å²) in [6, 6.07) is 11.3. The molecular weight excluding hydrogens is 330 g/mol. The Morgan fingerprint density at radius 1 is 1.24 bits per heavy atom. The lowest BCUT2D eigenvalue weighted by molar-refractivity contribution is 1.05. The first-order valence-corrected chi connectivity index (χ1v) is 6.92. The molecule has 0 aliphatic heterocycles. The van der Waals surface area contributed by atoms with Crippen LogP contribution in [0.15, 0.2) is 53.5 Å². The summed E-state index contributed by atoms with van der Waals surface area (Å²) in [4.78, 5) is 8.17. The smallest absolute Gasteiger partial charge is 0.123 e. The zero-order chi connectivity index (χ0) is 14.8. The van der Waals surface area contributed by atoms with Crippen molar-refractivity contribution >= 4 is 21.7 Å². The first-order valence-electron chi connectivity index (χ1n) is 6.13. The van der Waals surface area contributed by atoms with E-state index in [4.69, 9.17) is 5.73 Å². The highest BCUT2D eigenvalue weighted by Gasteiger charge is 2.11. The van der Waals surface area contributed by atoms with E-state index in [1.807, 2.05) is 22.8 Å². The Hall–Kier alpha value is -2.65. The summed E-state index contributed by atoms with van der Waals surface area (Å²) in [5, 5.41) is 9.28. The molecule has 0 fully saturated rings. The Labute approximate surface area is 129 Å². The topological polar surface area (TPSA) is 80.5 Å². The Kier molecular flexibility index (Phi) is 3.42. The molecule has 6 heteroatoms. The third-order valence-electron chi connectivity index (χ3n) is 3.06. The monoisotopic (exact) mass is 339 g/mol. The van der Waals surface area contributed by atoms with Gasteiger partial charge in [-0.2, -0.15) is 5.26 Å². The molecule has 0 bridgehead atoms. The fourth-order valence-electron chi connectivity index (χ4n) is 2.11. The molecule has 0 unspecified atom stereocenters. The Morgan fingerprint density at radius 2 is 2.10 bits per heavy atom. The predicted octanol–water partition coefficient (Wildman–Crippen LogP) is 3.15. The summed E-state index contributed by atoms with van der Waals surface area (Å²) in [7, 11) is 0. The number of rotatable bonds is 2. The van der Waals surface area contributed by atoms with E-state index in [2.05, 4.69) is 32.0 Å². The van der Waals surface area contributed by atoms with E-state index >= 15 is 0 Å². The van der Waals surface area contributed by atoms with Crippen LogP contribution in [0, 0.1) is 11.3 Å². The highest BCUT2D eigenvalue weighted by molar-refractivity contribution is 9.10. The summed E-state index contributed by atoms with van der Waals surface area (Å²) in [5.74, 6) is 0.440. The number of benzene rings is 1. The van der Waals surface area contributed by atoms with Gasteiger partial charge in [0.15, 0.2) is 0 Å². The van der Waals surface area contributed by atoms with Gasteiger partial charge in [-0.1, -0.05) is 15.9 Å². The minimum absolute atomic E-state index is 0.440. The summed E-state index contributed by atoms with van der Waals surface area (Å²) in [6.45, 7) is 0. The van der Waals surface area contributed by atoms with Gasteiger partial charge in [-0.25, -0.2) is 9.97 Å². The van der Waals surface area contributed by atoms with Crippen molar-refractivity contribution in [3.8, 4) is 23.0 Å². The minimum atomic E-state index is 0.440. The van der Waals surface area contributed by atoms with Crippen molar-refractivity contribution < 1.29 is 0 Å². The predicted molar refractivity (Wildman–Crippen MR) is 83.6 cm³/mol. The lowest BCUT2D eigenvalue weighted by Crippen LogP contribution is -1.99. The van der Waals surface area contributed by atoms with Crippen LogP contribution < -0.4 is 5.73 Å². The van der Waals surface area contributed by atoms with Gasteiger partial charge in [-0.15, -0.1) is 0 Å². The number of halogens is 1. The first-order chi connectivity index (χ1) is 10.2. The van der Waals surface area contributed by atoms with Crippen LogP contribution >= 0.6 is 15.9 Å². The molecule has 3 rings (SSSR count). The van der Waals surface area contributed by atoms with Crippen LogP contribution in [0.5, 0.6) is 0 Å². The van der Waals surface area contributed by atoms with Gasteiger partial charge >= 0.3 is 0 Å². The second kappa shape index (κ2) is 5.38. The Morgan fingerprint density at radius 3 is 2.86 bits per heavy atom. The molecule has 5 nitrogen and oxygen atoms in total. The number of nitrogens with two attached hydrogens (primary N) is 1. The number of pyridine rings is 1. The largest absolute Gasteiger partial charge is 0.384 e. The van der Waals surface area contributed by atoms with Crippen molar-refractivity contribution in [2.75, 3.05) is 5.73 Å². The lowest BCUT2D eigenvalue weighted by atomic mass is 10.1. The maximum atomic E-state index is 9.28. The molecule has 0 amide bonds. The molecule has 0 aliphatic rings. The number of anilines is 1. The summed E-state index contributed by atoms with van der Waals surface area (Å²) in [5.41, 5.74) is 8.80. The average molecular weight is 340 g/mol. The summed E-state index contributed by atoms with van der Waals surface area (Å²) < 4.78 is 2.75. The number of nitrogens with zero attached hydrogens (tertiary/aromatic N) is 4. The number of hydrogen-bond donors (Lipinski definition) is 1. The fourth-order valence-corrected chi connectivity index (χ4v) is 2.46. The van der Waals surface area contributed by atoms with E-state index in [0.717, 1.165) is 21.4 Å². The second-order valence-electron chi connectivity index (χ2n) is 4.39. The van der Waals surface area contributed by atoms with Gasteiger partial charge in [0.25, 0.3) is 0 Å². The van der Waals surface area contributed by atoms with Crippen molar-refractivity contribution in [2.45, 2.75) is 0 Å². The van der Waals surface area contributed by atoms with Gasteiger partial charge in [-0.05, 0) is 30.3 Å². The van der Waals surface area contributed by atoms with Crippen molar-refractivity contribution in [2.24, 2.45) is 0 Å². The van der Waals surface area contributed by atoms with Crippen molar-refractivity contribution in [3.05, 3.63) is 59.1 Å². The highest BCUT2D eigenvalue weighted by Crippen LogP contribution is 2.27. The van der Waals surface area contributed by atoms with Crippen LogP contribution in [0.25, 0.3) is 16.9 Å². The van der Waals surface area contributed by atoms with Crippen LogP contribution in [0.4, 0.5) is 5.82 Å². The molecule has 21 heavy (non-hydrogen) atoms. The van der Waals surface area contributed by atoms with E-state index in [9.17, 15) is 5.26 Å². The van der Waals surface area contributed by atoms with Crippen molar-refractivity contribution in [3.63, 3.8) is 0 Å². The standard InChI is InChI=1S/C15H10BrN5/c16-12-2-1-11(7-17)13(6-12)21-9-19-8-14(21)10-3-4-20-15(18)5-10/h1-6,8-9H,(H2,18,20). The Balaban J connectivity index is 2.21. The molecule has 0 aliphatic carbocycles. The normalized spacial score (nSPS) is 10.3. The molecule has 2 heterocycles. The fraction of sp³-hybridized carbons (Fsp3) is 0. The maximum absolute atomic E-state index is 9.28. The van der Waals surface area contributed by atoms with Crippen LogP contribution in [0.3, 0.4) is 0 Å². The van der Waals surface area contributed by atoms with E-state index in [-0.39, 0.29) is 0 Å². The number of aromatic nitrogens is 3. The van der Waals surface area contributed by atoms with Gasteiger partial charge in [-0.3, -0.25) is 4.57 Å². The molecule has 0 spiro atoms. The Bertz CT molecular complexity index is 847. The molecule has 1 aromatic carbocycles. The molecule has 2 aromatic heterocycles. The van der Waals surface area contributed by atoms with Crippen molar-refractivity contribution in [1.29, 1.82) is 5.26 Å².